The lowest BCUT2D eigenvalue weighted by atomic mass is 9.88. The zero-order valence-electron chi connectivity index (χ0n) is 15.6. The van der Waals surface area contributed by atoms with Gasteiger partial charge in [-0.15, -0.1) is 23.5 Å². The molecule has 1 aromatic heterocycles. The summed E-state index contributed by atoms with van der Waals surface area (Å²) in [5, 5.41) is 0.987. The van der Waals surface area contributed by atoms with Gasteiger partial charge in [0.05, 0.1) is 24.4 Å². The Kier molecular flexibility index (Phi) is 5.81. The van der Waals surface area contributed by atoms with Crippen molar-refractivity contribution in [2.75, 3.05) is 18.1 Å². The van der Waals surface area contributed by atoms with Crippen LogP contribution in [-0.2, 0) is 20.7 Å². The number of rotatable bonds is 5. The van der Waals surface area contributed by atoms with Crippen LogP contribution in [0.5, 0.6) is 0 Å². The van der Waals surface area contributed by atoms with E-state index in [2.05, 4.69) is 30.7 Å². The van der Waals surface area contributed by atoms with E-state index in [-0.39, 0.29) is 21.9 Å². The number of carbonyl (C=O) groups is 1. The molecule has 0 radical (unpaired) electrons. The molecule has 2 atom stereocenters. The van der Waals surface area contributed by atoms with Crippen molar-refractivity contribution in [1.82, 2.24) is 9.55 Å². The Labute approximate surface area is 173 Å². The SMILES string of the molecule is CC[C@H]1C(=O)OC[C@@H]1C1(c2cnc(Sc3ccccc3)n2C)SCCCS1. The molecule has 2 aliphatic rings. The van der Waals surface area contributed by atoms with E-state index in [4.69, 9.17) is 9.72 Å². The number of ether oxygens (including phenoxy) is 1. The number of thioether (sulfide) groups is 2. The van der Waals surface area contributed by atoms with Crippen molar-refractivity contribution in [3.05, 3.63) is 42.2 Å². The van der Waals surface area contributed by atoms with Gasteiger partial charge in [-0.2, -0.15) is 0 Å². The summed E-state index contributed by atoms with van der Waals surface area (Å²) in [5.41, 5.74) is 1.21. The Balaban J connectivity index is 1.70. The molecule has 4 rings (SSSR count). The van der Waals surface area contributed by atoms with Crippen LogP contribution >= 0.6 is 35.3 Å². The van der Waals surface area contributed by atoms with E-state index in [0.717, 1.165) is 23.1 Å². The van der Waals surface area contributed by atoms with Crippen LogP contribution in [0.4, 0.5) is 0 Å². The van der Waals surface area contributed by atoms with Gasteiger partial charge in [-0.3, -0.25) is 4.79 Å². The number of aromatic nitrogens is 2. The molecule has 2 saturated heterocycles. The molecule has 0 bridgehead atoms. The highest BCUT2D eigenvalue weighted by Gasteiger charge is 2.53. The summed E-state index contributed by atoms with van der Waals surface area (Å²) in [7, 11) is 2.10. The molecule has 1 aromatic carbocycles. The average Bonchev–Trinajstić information content (AvgIpc) is 3.26. The molecule has 2 fully saturated rings. The minimum absolute atomic E-state index is 0.0248. The lowest BCUT2D eigenvalue weighted by Gasteiger charge is -2.41. The summed E-state index contributed by atoms with van der Waals surface area (Å²) < 4.78 is 7.57. The topological polar surface area (TPSA) is 44.1 Å². The summed E-state index contributed by atoms with van der Waals surface area (Å²) in [6, 6.07) is 10.3. The molecule has 3 heterocycles. The van der Waals surface area contributed by atoms with Crippen LogP contribution in [0.2, 0.25) is 0 Å². The quantitative estimate of drug-likeness (QED) is 0.648. The number of hydrogen-bond acceptors (Lipinski definition) is 6. The predicted molar refractivity (Wildman–Crippen MR) is 113 cm³/mol. The van der Waals surface area contributed by atoms with Gasteiger partial charge < -0.3 is 9.30 Å². The van der Waals surface area contributed by atoms with E-state index < -0.39 is 0 Å². The molecule has 0 saturated carbocycles. The van der Waals surface area contributed by atoms with Gasteiger partial charge in [-0.1, -0.05) is 36.9 Å². The molecule has 7 heteroatoms. The van der Waals surface area contributed by atoms with Crippen molar-refractivity contribution < 1.29 is 9.53 Å². The van der Waals surface area contributed by atoms with Crippen LogP contribution in [0.3, 0.4) is 0 Å². The van der Waals surface area contributed by atoms with Crippen molar-refractivity contribution in [2.45, 2.75) is 33.9 Å². The van der Waals surface area contributed by atoms with Crippen molar-refractivity contribution >= 4 is 41.3 Å². The van der Waals surface area contributed by atoms with Gasteiger partial charge in [-0.25, -0.2) is 4.98 Å². The lowest BCUT2D eigenvalue weighted by Crippen LogP contribution is -2.38. The van der Waals surface area contributed by atoms with E-state index in [1.165, 1.54) is 17.0 Å². The van der Waals surface area contributed by atoms with Crippen LogP contribution in [-0.4, -0.2) is 33.6 Å². The monoisotopic (exact) mass is 420 g/mol. The lowest BCUT2D eigenvalue weighted by molar-refractivity contribution is -0.141. The second-order valence-electron chi connectivity index (χ2n) is 6.87. The summed E-state index contributed by atoms with van der Waals surface area (Å²) in [6.07, 6.45) is 4.06. The molecule has 144 valence electrons. The largest absolute Gasteiger partial charge is 0.465 e. The minimum Gasteiger partial charge on any atom is -0.465 e. The number of imidazole rings is 1. The van der Waals surface area contributed by atoms with Gasteiger partial charge in [0.15, 0.2) is 5.16 Å². The van der Waals surface area contributed by atoms with Crippen LogP contribution in [0.25, 0.3) is 0 Å². The van der Waals surface area contributed by atoms with E-state index >= 15 is 0 Å². The van der Waals surface area contributed by atoms with Crippen molar-refractivity contribution in [3.8, 4) is 0 Å². The summed E-state index contributed by atoms with van der Waals surface area (Å²) in [6.45, 7) is 2.61. The van der Waals surface area contributed by atoms with Crippen LogP contribution in [0.1, 0.15) is 25.5 Å². The zero-order valence-corrected chi connectivity index (χ0v) is 18.0. The number of cyclic esters (lactones) is 1. The highest BCUT2D eigenvalue weighted by Crippen LogP contribution is 2.59. The smallest absolute Gasteiger partial charge is 0.309 e. The molecular weight excluding hydrogens is 396 g/mol. The number of hydrogen-bond donors (Lipinski definition) is 0. The third kappa shape index (κ3) is 3.54. The van der Waals surface area contributed by atoms with Crippen molar-refractivity contribution in [2.24, 2.45) is 18.9 Å². The summed E-state index contributed by atoms with van der Waals surface area (Å²) in [5.74, 6) is 2.36. The second-order valence-corrected chi connectivity index (χ2v) is 10.9. The fraction of sp³-hybridized carbons (Fsp3) is 0.500. The highest BCUT2D eigenvalue weighted by atomic mass is 32.2. The third-order valence-electron chi connectivity index (χ3n) is 5.30. The standard InChI is InChI=1S/C20H24N2O2S3/c1-3-15-16(13-24-18(15)23)20(25-10-7-11-26-20)17-12-21-19(22(17)2)27-14-8-5-4-6-9-14/h4-6,8-9,12,15-16H,3,7,10-11,13H2,1-2H3/t15-,16+/m1/s1. The molecule has 2 aromatic rings. The fourth-order valence-corrected chi connectivity index (χ4v) is 8.50. The first-order valence-corrected chi connectivity index (χ1v) is 12.1. The Hall–Kier alpha value is -1.05. The molecule has 4 nitrogen and oxygen atoms in total. The predicted octanol–water partition coefficient (Wildman–Crippen LogP) is 4.79. The Morgan fingerprint density at radius 2 is 2.04 bits per heavy atom. The molecule has 0 amide bonds. The van der Waals surface area contributed by atoms with Crippen LogP contribution in [0, 0.1) is 11.8 Å². The maximum absolute atomic E-state index is 12.3. The first kappa shape index (κ1) is 19.3. The average molecular weight is 421 g/mol. The van der Waals surface area contributed by atoms with Crippen molar-refractivity contribution in [1.29, 1.82) is 0 Å². The van der Waals surface area contributed by atoms with Gasteiger partial charge >= 0.3 is 5.97 Å². The molecule has 27 heavy (non-hydrogen) atoms. The van der Waals surface area contributed by atoms with Gasteiger partial charge in [0, 0.05) is 17.9 Å². The minimum atomic E-state index is -0.164. The van der Waals surface area contributed by atoms with Gasteiger partial charge in [0.25, 0.3) is 0 Å². The van der Waals surface area contributed by atoms with E-state index in [9.17, 15) is 4.79 Å². The van der Waals surface area contributed by atoms with Gasteiger partial charge in [0.2, 0.25) is 0 Å². The Morgan fingerprint density at radius 3 is 2.74 bits per heavy atom. The highest BCUT2D eigenvalue weighted by molar-refractivity contribution is 8.18. The second kappa shape index (κ2) is 8.13. The molecule has 0 N–H and O–H groups in total. The number of benzene rings is 1. The molecule has 0 aliphatic carbocycles. The summed E-state index contributed by atoms with van der Waals surface area (Å²) >= 11 is 5.64. The van der Waals surface area contributed by atoms with E-state index in [1.807, 2.05) is 47.9 Å². The number of nitrogens with zero attached hydrogens (tertiary/aromatic N) is 2. The zero-order chi connectivity index (χ0) is 18.9. The third-order valence-corrected chi connectivity index (χ3v) is 9.94. The maximum atomic E-state index is 12.3. The Bertz CT molecular complexity index is 803. The molecular formula is C20H24N2O2S3. The number of esters is 1. The summed E-state index contributed by atoms with van der Waals surface area (Å²) in [4.78, 5) is 18.2. The van der Waals surface area contributed by atoms with Crippen molar-refractivity contribution in [3.63, 3.8) is 0 Å². The first-order valence-electron chi connectivity index (χ1n) is 9.35. The fourth-order valence-electron chi connectivity index (χ4n) is 3.89. The first-order chi connectivity index (χ1) is 13.2. The van der Waals surface area contributed by atoms with Gasteiger partial charge in [0.1, 0.15) is 4.08 Å². The van der Waals surface area contributed by atoms with Gasteiger partial charge in [-0.05, 0) is 36.5 Å². The van der Waals surface area contributed by atoms with E-state index in [0.29, 0.717) is 6.61 Å². The Morgan fingerprint density at radius 1 is 1.30 bits per heavy atom. The van der Waals surface area contributed by atoms with Crippen LogP contribution < -0.4 is 0 Å². The van der Waals surface area contributed by atoms with Crippen LogP contribution in [0.15, 0.2) is 46.6 Å². The molecule has 0 unspecified atom stereocenters. The maximum Gasteiger partial charge on any atom is 0.309 e. The van der Waals surface area contributed by atoms with E-state index in [1.54, 1.807) is 11.8 Å². The molecule has 2 aliphatic heterocycles. The molecule has 0 spiro atoms. The normalized spacial score (nSPS) is 24.7. The number of carbonyl (C=O) groups excluding carboxylic acids is 1.